The van der Waals surface area contributed by atoms with E-state index in [1.54, 1.807) is 6.20 Å². The Balaban J connectivity index is 1.51. The minimum absolute atomic E-state index is 0.378. The molecule has 1 aromatic heterocycles. The van der Waals surface area contributed by atoms with Gasteiger partial charge in [-0.15, -0.1) is 0 Å². The van der Waals surface area contributed by atoms with E-state index in [4.69, 9.17) is 5.73 Å². The molecule has 0 unspecified atom stereocenters. The van der Waals surface area contributed by atoms with Crippen LogP contribution in [0.15, 0.2) is 12.3 Å². The van der Waals surface area contributed by atoms with Gasteiger partial charge in [0, 0.05) is 25.8 Å². The number of anilines is 2. The van der Waals surface area contributed by atoms with Crippen molar-refractivity contribution >= 4 is 11.8 Å². The number of nitrogens with zero attached hydrogens (tertiary/aromatic N) is 4. The van der Waals surface area contributed by atoms with Crippen LogP contribution in [0.4, 0.5) is 11.8 Å². The summed E-state index contributed by atoms with van der Waals surface area (Å²) in [6.07, 6.45) is 5.77. The van der Waals surface area contributed by atoms with E-state index in [1.807, 2.05) is 6.07 Å². The molecule has 3 rings (SSSR count). The Bertz CT molecular complexity index is 482. The van der Waals surface area contributed by atoms with Crippen molar-refractivity contribution < 1.29 is 0 Å². The molecule has 0 saturated carbocycles. The highest BCUT2D eigenvalue weighted by molar-refractivity contribution is 5.42. The summed E-state index contributed by atoms with van der Waals surface area (Å²) in [5.74, 6) is 3.85. The third-order valence-corrected chi connectivity index (χ3v) is 5.13. The third kappa shape index (κ3) is 3.69. The topological polar surface area (TPSA) is 58.3 Å². The summed E-state index contributed by atoms with van der Waals surface area (Å²) in [6, 6.07) is 1.98. The van der Waals surface area contributed by atoms with Crippen LogP contribution in [-0.2, 0) is 0 Å². The molecule has 5 nitrogen and oxygen atoms in total. The van der Waals surface area contributed by atoms with Gasteiger partial charge in [-0.3, -0.25) is 0 Å². The number of piperidine rings is 1. The summed E-state index contributed by atoms with van der Waals surface area (Å²) in [6.45, 7) is 10.7. The Morgan fingerprint density at radius 1 is 1.18 bits per heavy atom. The van der Waals surface area contributed by atoms with E-state index in [0.717, 1.165) is 36.7 Å². The van der Waals surface area contributed by atoms with Crippen LogP contribution in [0.1, 0.15) is 33.1 Å². The predicted molar refractivity (Wildman–Crippen MR) is 90.8 cm³/mol. The normalized spacial score (nSPS) is 24.3. The molecule has 0 amide bonds. The van der Waals surface area contributed by atoms with Crippen molar-refractivity contribution in [2.45, 2.75) is 33.1 Å². The molecular weight excluding hydrogens is 274 g/mol. The summed E-state index contributed by atoms with van der Waals surface area (Å²) < 4.78 is 0. The zero-order valence-electron chi connectivity index (χ0n) is 13.9. The monoisotopic (exact) mass is 303 g/mol. The summed E-state index contributed by atoms with van der Waals surface area (Å²) in [4.78, 5) is 13.4. The minimum Gasteiger partial charge on any atom is -0.368 e. The first-order valence-electron chi connectivity index (χ1n) is 8.67. The molecule has 1 atom stereocenters. The van der Waals surface area contributed by atoms with Gasteiger partial charge in [-0.05, 0) is 56.2 Å². The van der Waals surface area contributed by atoms with E-state index < -0.39 is 0 Å². The molecule has 0 spiro atoms. The van der Waals surface area contributed by atoms with E-state index in [2.05, 4.69) is 33.6 Å². The van der Waals surface area contributed by atoms with Crippen molar-refractivity contribution in [2.24, 2.45) is 17.8 Å². The van der Waals surface area contributed by atoms with Crippen molar-refractivity contribution in [1.29, 1.82) is 0 Å². The summed E-state index contributed by atoms with van der Waals surface area (Å²) in [5.41, 5.74) is 5.70. The summed E-state index contributed by atoms with van der Waals surface area (Å²) >= 11 is 0. The second-order valence-electron chi connectivity index (χ2n) is 7.30. The molecule has 2 saturated heterocycles. The van der Waals surface area contributed by atoms with Gasteiger partial charge in [0.1, 0.15) is 5.82 Å². The lowest BCUT2D eigenvalue weighted by Gasteiger charge is -2.35. The largest absolute Gasteiger partial charge is 0.368 e. The van der Waals surface area contributed by atoms with Crippen LogP contribution < -0.4 is 10.6 Å². The molecule has 2 aliphatic rings. The lowest BCUT2D eigenvalue weighted by atomic mass is 9.83. The fraction of sp³-hybridized carbons (Fsp3) is 0.765. The first-order valence-corrected chi connectivity index (χ1v) is 8.67. The second kappa shape index (κ2) is 6.82. The molecule has 122 valence electrons. The van der Waals surface area contributed by atoms with Crippen LogP contribution in [0.25, 0.3) is 0 Å². The lowest BCUT2D eigenvalue weighted by molar-refractivity contribution is 0.141. The van der Waals surface area contributed by atoms with Gasteiger partial charge < -0.3 is 15.5 Å². The zero-order valence-corrected chi connectivity index (χ0v) is 13.9. The van der Waals surface area contributed by atoms with Gasteiger partial charge in [-0.1, -0.05) is 13.8 Å². The molecule has 0 aromatic carbocycles. The molecule has 1 aromatic rings. The number of likely N-dealkylation sites (tertiary alicyclic amines) is 1. The number of rotatable bonds is 4. The smallest absolute Gasteiger partial charge is 0.221 e. The maximum atomic E-state index is 5.70. The molecule has 2 aliphatic heterocycles. The van der Waals surface area contributed by atoms with E-state index in [1.165, 1.54) is 38.9 Å². The first-order chi connectivity index (χ1) is 10.6. The highest BCUT2D eigenvalue weighted by atomic mass is 15.2. The fourth-order valence-electron chi connectivity index (χ4n) is 4.04. The van der Waals surface area contributed by atoms with Crippen LogP contribution >= 0.6 is 0 Å². The summed E-state index contributed by atoms with van der Waals surface area (Å²) in [5, 5.41) is 0. The van der Waals surface area contributed by atoms with Crippen LogP contribution in [0, 0.1) is 17.8 Å². The standard InChI is InChI=1S/C17H29N5/c1-13(2)11-21-8-4-14(5-9-21)15-6-10-22(12-15)16-3-7-19-17(18)20-16/h3,7,13-15H,4-6,8-12H2,1-2H3,(H2,18,19,20)/t15-/m0/s1. The molecular formula is C17H29N5. The van der Waals surface area contributed by atoms with Crippen molar-refractivity contribution in [1.82, 2.24) is 14.9 Å². The molecule has 0 radical (unpaired) electrons. The molecule has 2 N–H and O–H groups in total. The molecule has 2 fully saturated rings. The molecule has 22 heavy (non-hydrogen) atoms. The number of nitrogens with two attached hydrogens (primary N) is 1. The average molecular weight is 303 g/mol. The minimum atomic E-state index is 0.378. The molecule has 3 heterocycles. The van der Waals surface area contributed by atoms with E-state index in [0.29, 0.717) is 5.95 Å². The fourth-order valence-corrected chi connectivity index (χ4v) is 4.04. The maximum Gasteiger partial charge on any atom is 0.221 e. The van der Waals surface area contributed by atoms with Gasteiger partial charge in [-0.2, -0.15) is 4.98 Å². The third-order valence-electron chi connectivity index (χ3n) is 5.13. The molecule has 0 bridgehead atoms. The van der Waals surface area contributed by atoms with Crippen LogP contribution in [-0.4, -0.2) is 47.6 Å². The van der Waals surface area contributed by atoms with Crippen molar-refractivity contribution in [3.8, 4) is 0 Å². The van der Waals surface area contributed by atoms with Crippen molar-refractivity contribution in [3.63, 3.8) is 0 Å². The maximum absolute atomic E-state index is 5.70. The lowest BCUT2D eigenvalue weighted by Crippen LogP contribution is -2.38. The number of hydrogen-bond donors (Lipinski definition) is 1. The van der Waals surface area contributed by atoms with Crippen molar-refractivity contribution in [2.75, 3.05) is 43.4 Å². The highest BCUT2D eigenvalue weighted by Crippen LogP contribution is 2.33. The average Bonchev–Trinajstić information content (AvgIpc) is 2.97. The van der Waals surface area contributed by atoms with Crippen molar-refractivity contribution in [3.05, 3.63) is 12.3 Å². The number of hydrogen-bond acceptors (Lipinski definition) is 5. The Morgan fingerprint density at radius 2 is 1.91 bits per heavy atom. The quantitative estimate of drug-likeness (QED) is 0.924. The molecule has 0 aliphatic carbocycles. The van der Waals surface area contributed by atoms with Gasteiger partial charge in [-0.25, -0.2) is 4.98 Å². The van der Waals surface area contributed by atoms with Gasteiger partial charge in [0.15, 0.2) is 0 Å². The van der Waals surface area contributed by atoms with Gasteiger partial charge in [0.2, 0.25) is 5.95 Å². The Kier molecular flexibility index (Phi) is 4.81. The Morgan fingerprint density at radius 3 is 2.59 bits per heavy atom. The first kappa shape index (κ1) is 15.5. The number of aromatic nitrogens is 2. The second-order valence-corrected chi connectivity index (χ2v) is 7.30. The predicted octanol–water partition coefficient (Wildman–Crippen LogP) is 2.25. The van der Waals surface area contributed by atoms with E-state index in [9.17, 15) is 0 Å². The highest BCUT2D eigenvalue weighted by Gasteiger charge is 2.32. The summed E-state index contributed by atoms with van der Waals surface area (Å²) in [7, 11) is 0. The van der Waals surface area contributed by atoms with E-state index in [-0.39, 0.29) is 0 Å². The van der Waals surface area contributed by atoms with Gasteiger partial charge in [0.05, 0.1) is 0 Å². The molecule has 5 heteroatoms. The zero-order chi connectivity index (χ0) is 15.5. The van der Waals surface area contributed by atoms with E-state index >= 15 is 0 Å². The van der Waals surface area contributed by atoms with Crippen LogP contribution in [0.2, 0.25) is 0 Å². The Hall–Kier alpha value is -1.36. The SMILES string of the molecule is CC(C)CN1CCC([C@H]2CCN(c3ccnc(N)n3)C2)CC1. The van der Waals surface area contributed by atoms with Gasteiger partial charge in [0.25, 0.3) is 0 Å². The van der Waals surface area contributed by atoms with Gasteiger partial charge >= 0.3 is 0 Å². The van der Waals surface area contributed by atoms with Crippen LogP contribution in [0.3, 0.4) is 0 Å². The number of nitrogen functional groups attached to an aromatic ring is 1. The Labute approximate surface area is 133 Å². The van der Waals surface area contributed by atoms with Crippen LogP contribution in [0.5, 0.6) is 0 Å².